The van der Waals surface area contributed by atoms with Crippen LogP contribution in [-0.4, -0.2) is 19.1 Å². The van der Waals surface area contributed by atoms with E-state index in [1.165, 1.54) is 34.6 Å². The molecule has 0 saturated heterocycles. The van der Waals surface area contributed by atoms with Crippen LogP contribution in [0.15, 0.2) is 46.0 Å². The van der Waals surface area contributed by atoms with Crippen LogP contribution in [0.2, 0.25) is 10.0 Å². The van der Waals surface area contributed by atoms with Crippen LogP contribution in [0.1, 0.15) is 122 Å². The van der Waals surface area contributed by atoms with Gasteiger partial charge in [0.2, 0.25) is 0 Å². The summed E-state index contributed by atoms with van der Waals surface area (Å²) in [5, 5.41) is 3.77. The van der Waals surface area contributed by atoms with Gasteiger partial charge in [-0.15, -0.1) is 0 Å². The first-order valence-corrected chi connectivity index (χ1v) is 18.2. The zero-order valence-electron chi connectivity index (χ0n) is 29.6. The van der Waals surface area contributed by atoms with E-state index in [9.17, 15) is 18.4 Å². The number of H-pyrrole nitrogens is 1. The van der Waals surface area contributed by atoms with Crippen molar-refractivity contribution in [3.63, 3.8) is 0 Å². The molecule has 10 heteroatoms. The minimum Gasteiger partial charge on any atom is -0.294 e. The molecule has 4 aromatic rings. The number of fused-ring (bicyclic) bond motifs is 10. The molecule has 0 aliphatic heterocycles. The SMILES string of the molecule is CC(C)CCn1c2c(c(=O)n1-c1ccc(F)cc1Cl)[C@@H]1CC[C@@]2(C)C1(C)C.CC1(C)[C@H]2CC[C@]1(C)c1[nH]n(-c3ccc(F)cc3Cl)c(=O)c12. The zero-order valence-corrected chi connectivity index (χ0v) is 31.1. The van der Waals surface area contributed by atoms with E-state index in [2.05, 4.69) is 65.2 Å². The van der Waals surface area contributed by atoms with Crippen molar-refractivity contribution >= 4 is 23.2 Å². The standard InChI is InChI=1S/C22H28ClFN2O.C17H18ClFN2O/c1-13(2)9-11-25-19-18(15-8-10-22(19,5)21(15,3)4)20(27)26(25)17-7-6-14(24)12-16(17)23;1-16(2)10-6-7-17(16,3)14-13(10)15(22)21(20-14)12-5-4-9(19)8-11(12)18/h6-7,12-13,15H,8-11H2,1-5H3;4-5,8,10,20H,6-7H2,1-3H3/t15-,22+;10-,17+/m00/s1. The Labute approximate surface area is 296 Å². The largest absolute Gasteiger partial charge is 0.294 e. The van der Waals surface area contributed by atoms with Gasteiger partial charge < -0.3 is 0 Å². The second-order valence-electron chi connectivity index (χ2n) is 16.7. The molecule has 1 N–H and O–H groups in total. The molecule has 4 atom stereocenters. The average Bonchev–Trinajstić information content (AvgIpc) is 3.73. The molecule has 2 fully saturated rings. The molecule has 6 nitrogen and oxygen atoms in total. The van der Waals surface area contributed by atoms with Gasteiger partial charge in [-0.1, -0.05) is 78.6 Å². The van der Waals surface area contributed by atoms with Crippen LogP contribution >= 0.6 is 23.2 Å². The van der Waals surface area contributed by atoms with Gasteiger partial charge >= 0.3 is 0 Å². The van der Waals surface area contributed by atoms with Crippen LogP contribution < -0.4 is 11.1 Å². The molecule has 0 radical (unpaired) electrons. The molecule has 2 aromatic carbocycles. The summed E-state index contributed by atoms with van der Waals surface area (Å²) in [7, 11) is 0. The van der Waals surface area contributed by atoms with Crippen molar-refractivity contribution in [3.8, 4) is 11.4 Å². The Kier molecular flexibility index (Phi) is 7.85. The third kappa shape index (κ3) is 4.61. The summed E-state index contributed by atoms with van der Waals surface area (Å²) in [4.78, 5) is 26.5. The number of aromatic nitrogens is 4. The predicted octanol–water partition coefficient (Wildman–Crippen LogP) is 9.79. The lowest BCUT2D eigenvalue weighted by molar-refractivity contribution is 0.214. The van der Waals surface area contributed by atoms with E-state index < -0.39 is 11.6 Å². The van der Waals surface area contributed by atoms with Crippen LogP contribution in [0.5, 0.6) is 0 Å². The fourth-order valence-electron chi connectivity index (χ4n) is 9.85. The summed E-state index contributed by atoms with van der Waals surface area (Å²) in [5.41, 5.74) is 5.19. The van der Waals surface area contributed by atoms with Crippen LogP contribution in [0.25, 0.3) is 11.4 Å². The Morgan fingerprint density at radius 2 is 1.33 bits per heavy atom. The number of halogens is 4. The highest BCUT2D eigenvalue weighted by Gasteiger charge is 2.63. The number of rotatable bonds is 5. The molecule has 0 spiro atoms. The minimum atomic E-state index is -0.408. The van der Waals surface area contributed by atoms with Crippen molar-refractivity contribution in [2.75, 3.05) is 0 Å². The molecule has 2 saturated carbocycles. The fraction of sp³-hybridized carbons (Fsp3) is 0.538. The van der Waals surface area contributed by atoms with E-state index in [1.54, 1.807) is 16.8 Å². The molecule has 49 heavy (non-hydrogen) atoms. The van der Waals surface area contributed by atoms with Crippen molar-refractivity contribution in [2.45, 2.75) is 117 Å². The molecule has 0 amide bonds. The summed E-state index contributed by atoms with van der Waals surface area (Å²) in [6.45, 7) is 18.8. The van der Waals surface area contributed by atoms with E-state index in [1.807, 2.05) is 0 Å². The molecule has 2 heterocycles. The van der Waals surface area contributed by atoms with Gasteiger partial charge in [0.15, 0.2) is 0 Å². The van der Waals surface area contributed by atoms with Crippen molar-refractivity contribution in [1.82, 2.24) is 19.1 Å². The van der Waals surface area contributed by atoms with Crippen LogP contribution in [-0.2, 0) is 17.4 Å². The number of nitrogens with one attached hydrogen (secondary N) is 1. The second-order valence-corrected chi connectivity index (χ2v) is 17.5. The van der Waals surface area contributed by atoms with Gasteiger partial charge in [-0.3, -0.25) is 19.4 Å². The lowest BCUT2D eigenvalue weighted by atomic mass is 9.70. The zero-order chi connectivity index (χ0) is 35.6. The van der Waals surface area contributed by atoms with Crippen LogP contribution in [0, 0.1) is 28.4 Å². The van der Waals surface area contributed by atoms with E-state index in [4.69, 9.17) is 23.2 Å². The molecule has 4 aliphatic rings. The summed E-state index contributed by atoms with van der Waals surface area (Å²) in [6, 6.07) is 8.37. The number of aromatic amines is 1. The topological polar surface area (TPSA) is 64.7 Å². The maximum Gasteiger partial charge on any atom is 0.275 e. The number of benzene rings is 2. The molecule has 2 aromatic heterocycles. The highest BCUT2D eigenvalue weighted by molar-refractivity contribution is 6.32. The van der Waals surface area contributed by atoms with Gasteiger partial charge in [0, 0.05) is 34.2 Å². The first-order chi connectivity index (χ1) is 22.9. The molecule has 8 rings (SSSR count). The molecule has 262 valence electrons. The normalized spacial score (nSPS) is 26.6. The monoisotopic (exact) mass is 710 g/mol. The second kappa shape index (κ2) is 11.2. The Balaban J connectivity index is 0.000000157. The first-order valence-electron chi connectivity index (χ1n) is 17.5. The molecule has 0 unspecified atom stereocenters. The van der Waals surface area contributed by atoms with Gasteiger partial charge in [-0.2, -0.15) is 0 Å². The Bertz CT molecular complexity index is 2120. The highest BCUT2D eigenvalue weighted by atomic mass is 35.5. The van der Waals surface area contributed by atoms with E-state index in [-0.39, 0.29) is 54.7 Å². The average molecular weight is 712 g/mol. The number of nitrogens with zero attached hydrogens (tertiary/aromatic N) is 3. The van der Waals surface area contributed by atoms with Crippen LogP contribution in [0.4, 0.5) is 8.78 Å². The molecule has 4 bridgehead atoms. The third-order valence-electron chi connectivity index (χ3n) is 13.5. The van der Waals surface area contributed by atoms with Crippen molar-refractivity contribution in [1.29, 1.82) is 0 Å². The first kappa shape index (κ1) is 34.4. The van der Waals surface area contributed by atoms with Gasteiger partial charge in [-0.25, -0.2) is 18.1 Å². The predicted molar refractivity (Wildman–Crippen MR) is 192 cm³/mol. The molecular formula is C39H46Cl2F2N4O2. The molecular weight excluding hydrogens is 665 g/mol. The Morgan fingerprint density at radius 3 is 1.88 bits per heavy atom. The van der Waals surface area contributed by atoms with Crippen molar-refractivity contribution in [2.24, 2.45) is 16.7 Å². The lowest BCUT2D eigenvalue weighted by Gasteiger charge is -2.36. The fourth-order valence-corrected chi connectivity index (χ4v) is 10.4. The van der Waals surface area contributed by atoms with Gasteiger partial charge in [-0.05, 0) is 97.1 Å². The summed E-state index contributed by atoms with van der Waals surface area (Å²) in [5.74, 6) is 0.272. The summed E-state index contributed by atoms with van der Waals surface area (Å²) >= 11 is 12.5. The quantitative estimate of drug-likeness (QED) is 0.224. The maximum atomic E-state index is 13.6. The third-order valence-corrected chi connectivity index (χ3v) is 14.1. The lowest BCUT2D eigenvalue weighted by Crippen LogP contribution is -2.36. The van der Waals surface area contributed by atoms with Gasteiger partial charge in [0.25, 0.3) is 11.1 Å². The summed E-state index contributed by atoms with van der Waals surface area (Å²) < 4.78 is 32.2. The number of hydrogen-bond donors (Lipinski definition) is 1. The van der Waals surface area contributed by atoms with Crippen molar-refractivity contribution in [3.05, 3.63) is 101 Å². The van der Waals surface area contributed by atoms with Gasteiger partial charge in [0.05, 0.1) is 27.1 Å². The smallest absolute Gasteiger partial charge is 0.275 e. The summed E-state index contributed by atoms with van der Waals surface area (Å²) in [6.07, 6.45) is 5.24. The van der Waals surface area contributed by atoms with E-state index in [0.717, 1.165) is 55.5 Å². The maximum absolute atomic E-state index is 13.6. The Hall–Kier alpha value is -3.10. The Morgan fingerprint density at radius 1 is 0.796 bits per heavy atom. The van der Waals surface area contributed by atoms with Gasteiger partial charge in [0.1, 0.15) is 11.6 Å². The molecule has 4 aliphatic carbocycles. The minimum absolute atomic E-state index is 0.0174. The highest BCUT2D eigenvalue weighted by Crippen LogP contribution is 2.68. The van der Waals surface area contributed by atoms with Crippen LogP contribution in [0.3, 0.4) is 0 Å². The van der Waals surface area contributed by atoms with E-state index >= 15 is 0 Å². The van der Waals surface area contributed by atoms with Crippen molar-refractivity contribution < 1.29 is 8.78 Å². The van der Waals surface area contributed by atoms with E-state index in [0.29, 0.717) is 17.3 Å². The number of hydrogen-bond acceptors (Lipinski definition) is 2.